The molecule has 0 spiro atoms. The Morgan fingerprint density at radius 2 is 1.91 bits per heavy atom. The fourth-order valence-corrected chi connectivity index (χ4v) is 4.47. The summed E-state index contributed by atoms with van der Waals surface area (Å²) in [5.41, 5.74) is 0.773. The highest BCUT2D eigenvalue weighted by molar-refractivity contribution is 7.92. The number of benzene rings is 1. The van der Waals surface area contributed by atoms with E-state index in [2.05, 4.69) is 10.6 Å². The van der Waals surface area contributed by atoms with Crippen LogP contribution in [0.5, 0.6) is 0 Å². The first-order chi connectivity index (χ1) is 10.3. The van der Waals surface area contributed by atoms with E-state index < -0.39 is 20.5 Å². The normalized spacial score (nSPS) is 19.4. The molecule has 1 heterocycles. The molecule has 1 aliphatic heterocycles. The molecule has 0 saturated carbocycles. The number of amides is 1. The van der Waals surface area contributed by atoms with Crippen LogP contribution in [0, 0.1) is 0 Å². The third-order valence-corrected chi connectivity index (χ3v) is 6.61. The Balaban J connectivity index is 2.24. The molecule has 1 aromatic carbocycles. The predicted octanol–water partition coefficient (Wildman–Crippen LogP) is 1.68. The SMILES string of the molecule is CC(NC(=O)C1(S(C)(=O)=O)CCNCC1)c1ccccc1Cl. The minimum Gasteiger partial charge on any atom is -0.348 e. The topological polar surface area (TPSA) is 75.3 Å². The lowest BCUT2D eigenvalue weighted by Gasteiger charge is -2.35. The van der Waals surface area contributed by atoms with E-state index in [1.54, 1.807) is 13.0 Å². The van der Waals surface area contributed by atoms with E-state index in [0.29, 0.717) is 18.1 Å². The van der Waals surface area contributed by atoms with Crippen LogP contribution in [0.15, 0.2) is 24.3 Å². The van der Waals surface area contributed by atoms with Gasteiger partial charge in [-0.1, -0.05) is 29.8 Å². The van der Waals surface area contributed by atoms with Gasteiger partial charge in [-0.2, -0.15) is 0 Å². The van der Waals surface area contributed by atoms with Crippen molar-refractivity contribution in [3.63, 3.8) is 0 Å². The van der Waals surface area contributed by atoms with Crippen molar-refractivity contribution in [1.29, 1.82) is 0 Å². The quantitative estimate of drug-likeness (QED) is 0.871. The zero-order valence-electron chi connectivity index (χ0n) is 12.7. The van der Waals surface area contributed by atoms with Gasteiger partial charge >= 0.3 is 0 Å². The number of hydrogen-bond acceptors (Lipinski definition) is 4. The van der Waals surface area contributed by atoms with Gasteiger partial charge in [0.1, 0.15) is 0 Å². The smallest absolute Gasteiger partial charge is 0.242 e. The lowest BCUT2D eigenvalue weighted by Crippen LogP contribution is -2.57. The molecule has 22 heavy (non-hydrogen) atoms. The number of rotatable bonds is 4. The van der Waals surface area contributed by atoms with E-state index in [4.69, 9.17) is 11.6 Å². The Kier molecular flexibility index (Phi) is 5.14. The van der Waals surface area contributed by atoms with Gasteiger partial charge in [0.05, 0.1) is 6.04 Å². The lowest BCUT2D eigenvalue weighted by molar-refractivity contribution is -0.125. The van der Waals surface area contributed by atoms with E-state index in [9.17, 15) is 13.2 Å². The monoisotopic (exact) mass is 344 g/mol. The van der Waals surface area contributed by atoms with Gasteiger partial charge in [0.2, 0.25) is 5.91 Å². The van der Waals surface area contributed by atoms with E-state index in [1.807, 2.05) is 18.2 Å². The fraction of sp³-hybridized carbons (Fsp3) is 0.533. The second-order valence-electron chi connectivity index (χ2n) is 5.73. The lowest BCUT2D eigenvalue weighted by atomic mass is 9.95. The van der Waals surface area contributed by atoms with Gasteiger partial charge in [0.15, 0.2) is 14.6 Å². The van der Waals surface area contributed by atoms with Gasteiger partial charge < -0.3 is 10.6 Å². The van der Waals surface area contributed by atoms with Crippen LogP contribution in [-0.2, 0) is 14.6 Å². The van der Waals surface area contributed by atoms with Gasteiger partial charge in [0, 0.05) is 11.3 Å². The van der Waals surface area contributed by atoms with Crippen molar-refractivity contribution in [3.05, 3.63) is 34.9 Å². The molecule has 122 valence electrons. The molecule has 1 unspecified atom stereocenters. The number of carbonyl (C=O) groups is 1. The summed E-state index contributed by atoms with van der Waals surface area (Å²) in [5.74, 6) is -0.441. The summed E-state index contributed by atoms with van der Waals surface area (Å²) in [6, 6.07) is 6.86. The molecule has 7 heteroatoms. The van der Waals surface area contributed by atoms with Gasteiger partial charge in [0.25, 0.3) is 0 Å². The number of hydrogen-bond donors (Lipinski definition) is 2. The molecule has 2 N–H and O–H groups in total. The van der Waals surface area contributed by atoms with Crippen LogP contribution in [-0.4, -0.2) is 38.4 Å². The second-order valence-corrected chi connectivity index (χ2v) is 8.47. The number of nitrogens with one attached hydrogen (secondary N) is 2. The zero-order chi connectivity index (χ0) is 16.4. The first kappa shape index (κ1) is 17.2. The van der Waals surface area contributed by atoms with Crippen molar-refractivity contribution in [3.8, 4) is 0 Å². The number of sulfone groups is 1. The van der Waals surface area contributed by atoms with E-state index in [1.165, 1.54) is 0 Å². The summed E-state index contributed by atoms with van der Waals surface area (Å²) in [7, 11) is -3.51. The van der Waals surface area contributed by atoms with Crippen LogP contribution in [0.4, 0.5) is 0 Å². The standard InChI is InChI=1S/C15H21ClN2O3S/c1-11(12-5-3-4-6-13(12)16)18-14(19)15(22(2,20)21)7-9-17-10-8-15/h3-6,11,17H,7-10H2,1-2H3,(H,18,19). The largest absolute Gasteiger partial charge is 0.348 e. The molecule has 1 aliphatic rings. The molecule has 1 amide bonds. The number of piperidine rings is 1. The third kappa shape index (κ3) is 3.29. The van der Waals surface area contributed by atoms with E-state index >= 15 is 0 Å². The molecule has 1 fully saturated rings. The maximum absolute atomic E-state index is 12.7. The highest BCUT2D eigenvalue weighted by atomic mass is 35.5. The van der Waals surface area contributed by atoms with Crippen LogP contribution in [0.25, 0.3) is 0 Å². The van der Waals surface area contributed by atoms with Crippen LogP contribution in [0.2, 0.25) is 5.02 Å². The second kappa shape index (κ2) is 6.56. The molecule has 5 nitrogen and oxygen atoms in total. The van der Waals surface area contributed by atoms with E-state index in [0.717, 1.165) is 11.8 Å². The van der Waals surface area contributed by atoms with Gasteiger partial charge in [-0.15, -0.1) is 0 Å². The summed E-state index contributed by atoms with van der Waals surface area (Å²) in [6.07, 6.45) is 1.71. The Morgan fingerprint density at radius 1 is 1.32 bits per heavy atom. The van der Waals surface area contributed by atoms with Crippen molar-refractivity contribution in [2.24, 2.45) is 0 Å². The minimum atomic E-state index is -3.51. The minimum absolute atomic E-state index is 0.285. The summed E-state index contributed by atoms with van der Waals surface area (Å²) >= 11 is 6.13. The number of halogens is 1. The van der Waals surface area contributed by atoms with Crippen molar-refractivity contribution in [2.45, 2.75) is 30.6 Å². The Labute approximate surface area is 136 Å². The summed E-state index contributed by atoms with van der Waals surface area (Å²) in [4.78, 5) is 12.7. The van der Waals surface area contributed by atoms with Crippen LogP contribution in [0.3, 0.4) is 0 Å². The molecule has 2 rings (SSSR count). The first-order valence-electron chi connectivity index (χ1n) is 7.24. The summed E-state index contributed by atoms with van der Waals surface area (Å²) < 4.78 is 23.1. The van der Waals surface area contributed by atoms with Crippen LogP contribution < -0.4 is 10.6 Å². The Morgan fingerprint density at radius 3 is 2.45 bits per heavy atom. The molecule has 1 aromatic rings. The molecule has 1 atom stereocenters. The zero-order valence-corrected chi connectivity index (χ0v) is 14.3. The van der Waals surface area contributed by atoms with Crippen molar-refractivity contribution in [1.82, 2.24) is 10.6 Å². The third-order valence-electron chi connectivity index (χ3n) is 4.25. The predicted molar refractivity (Wildman–Crippen MR) is 87.7 cm³/mol. The average Bonchev–Trinajstić information content (AvgIpc) is 2.47. The molecule has 0 aromatic heterocycles. The fourth-order valence-electron chi connectivity index (χ4n) is 2.83. The highest BCUT2D eigenvalue weighted by Crippen LogP contribution is 2.30. The highest BCUT2D eigenvalue weighted by Gasteiger charge is 2.48. The summed E-state index contributed by atoms with van der Waals surface area (Å²) in [5, 5.41) is 6.47. The first-order valence-corrected chi connectivity index (χ1v) is 9.50. The van der Waals surface area contributed by atoms with Crippen LogP contribution in [0.1, 0.15) is 31.4 Å². The molecule has 1 saturated heterocycles. The molecular formula is C15H21ClN2O3S. The molecule has 0 bridgehead atoms. The van der Waals surface area contributed by atoms with Crippen LogP contribution >= 0.6 is 11.6 Å². The summed E-state index contributed by atoms with van der Waals surface area (Å²) in [6.45, 7) is 2.83. The molecular weight excluding hydrogens is 324 g/mol. The number of carbonyl (C=O) groups excluding carboxylic acids is 1. The van der Waals surface area contributed by atoms with Crippen molar-refractivity contribution in [2.75, 3.05) is 19.3 Å². The van der Waals surface area contributed by atoms with Gasteiger partial charge in [-0.3, -0.25) is 4.79 Å². The maximum Gasteiger partial charge on any atom is 0.242 e. The van der Waals surface area contributed by atoms with Crippen molar-refractivity contribution < 1.29 is 13.2 Å². The maximum atomic E-state index is 12.7. The molecule has 0 radical (unpaired) electrons. The van der Waals surface area contributed by atoms with Gasteiger partial charge in [-0.05, 0) is 44.5 Å². The Hall–Kier alpha value is -1.11. The molecule has 0 aliphatic carbocycles. The van der Waals surface area contributed by atoms with Gasteiger partial charge in [-0.25, -0.2) is 8.42 Å². The average molecular weight is 345 g/mol. The van der Waals surface area contributed by atoms with Crippen molar-refractivity contribution >= 4 is 27.3 Å². The van der Waals surface area contributed by atoms with E-state index in [-0.39, 0.29) is 18.9 Å². The Bertz CT molecular complexity index is 655.